The molecule has 1 atom stereocenters. The van der Waals surface area contributed by atoms with Crippen molar-refractivity contribution in [1.29, 1.82) is 0 Å². The highest BCUT2D eigenvalue weighted by Gasteiger charge is 2.27. The quantitative estimate of drug-likeness (QED) is 0.354. The van der Waals surface area contributed by atoms with Crippen LogP contribution in [-0.4, -0.2) is 20.0 Å². The van der Waals surface area contributed by atoms with Crippen molar-refractivity contribution in [2.24, 2.45) is 0 Å². The topological polar surface area (TPSA) is 54.0 Å². The fourth-order valence-electron chi connectivity index (χ4n) is 1.95. The average molecular weight is 338 g/mol. The number of phosphoric acid groups is 1. The molecule has 23 heavy (non-hydrogen) atoms. The molecule has 0 bridgehead atoms. The minimum Gasteiger partial charge on any atom is -0.355 e. The molecule has 1 aromatic carbocycles. The first-order valence-electron chi connectivity index (χ1n) is 7.73. The molecule has 0 aliphatic heterocycles. The van der Waals surface area contributed by atoms with Crippen LogP contribution in [-0.2, 0) is 29.5 Å². The Labute approximate surface area is 137 Å². The van der Waals surface area contributed by atoms with Crippen molar-refractivity contribution < 1.29 is 22.9 Å². The van der Waals surface area contributed by atoms with Gasteiger partial charge in [0.1, 0.15) is 0 Å². The lowest BCUT2D eigenvalue weighted by Gasteiger charge is -2.18. The predicted molar refractivity (Wildman–Crippen MR) is 88.8 cm³/mol. The summed E-state index contributed by atoms with van der Waals surface area (Å²) in [6, 6.07) is 9.47. The van der Waals surface area contributed by atoms with Gasteiger partial charge >= 0.3 is 7.82 Å². The van der Waals surface area contributed by atoms with E-state index in [1.807, 2.05) is 43.3 Å². The van der Waals surface area contributed by atoms with Crippen molar-refractivity contribution in [3.8, 4) is 0 Å². The molecule has 0 radical (unpaired) electrons. The van der Waals surface area contributed by atoms with Crippen LogP contribution < -0.4 is 0 Å². The number of hydrogen-bond acceptors (Lipinski definition) is 5. The molecule has 1 aromatic rings. The Bertz CT molecular complexity index is 568. The van der Waals surface area contributed by atoms with Gasteiger partial charge in [-0.1, -0.05) is 48.6 Å². The number of allylic oxidation sites excluding steroid dienone is 2. The highest BCUT2D eigenvalue weighted by molar-refractivity contribution is 7.48. The Morgan fingerprint density at radius 3 is 2.52 bits per heavy atom. The van der Waals surface area contributed by atoms with Crippen LogP contribution in [0.1, 0.15) is 25.3 Å². The van der Waals surface area contributed by atoms with Gasteiger partial charge in [-0.25, -0.2) is 4.57 Å². The molecule has 5 nitrogen and oxygen atoms in total. The van der Waals surface area contributed by atoms with Crippen molar-refractivity contribution in [2.75, 3.05) is 20.0 Å². The summed E-state index contributed by atoms with van der Waals surface area (Å²) >= 11 is 0. The van der Waals surface area contributed by atoms with Gasteiger partial charge in [-0.05, 0) is 30.9 Å². The summed E-state index contributed by atoms with van der Waals surface area (Å²) in [6.07, 6.45) is 8.07. The zero-order valence-corrected chi connectivity index (χ0v) is 14.2. The average Bonchev–Trinajstić information content (AvgIpc) is 2.61. The normalized spacial score (nSPS) is 16.8. The van der Waals surface area contributed by atoms with Crippen LogP contribution in [0.25, 0.3) is 0 Å². The van der Waals surface area contributed by atoms with Crippen LogP contribution in [0.2, 0.25) is 0 Å². The van der Waals surface area contributed by atoms with Gasteiger partial charge in [-0.15, -0.1) is 0 Å². The molecule has 1 aliphatic carbocycles. The van der Waals surface area contributed by atoms with Crippen molar-refractivity contribution in [3.63, 3.8) is 0 Å². The third-order valence-corrected chi connectivity index (χ3v) is 4.50. The molecule has 0 N–H and O–H groups in total. The largest absolute Gasteiger partial charge is 0.477 e. The van der Waals surface area contributed by atoms with Gasteiger partial charge in [0, 0.05) is 6.61 Å². The maximum absolute atomic E-state index is 12.7. The van der Waals surface area contributed by atoms with Crippen LogP contribution in [0, 0.1) is 0 Å². The summed E-state index contributed by atoms with van der Waals surface area (Å²) in [5.74, 6) is 0. The van der Waals surface area contributed by atoms with E-state index in [-0.39, 0.29) is 20.0 Å². The number of benzene rings is 1. The first-order chi connectivity index (χ1) is 11.2. The van der Waals surface area contributed by atoms with Crippen LogP contribution in [0.3, 0.4) is 0 Å². The monoisotopic (exact) mass is 338 g/mol. The Morgan fingerprint density at radius 2 is 1.83 bits per heavy atom. The van der Waals surface area contributed by atoms with E-state index in [9.17, 15) is 4.57 Å². The zero-order valence-electron chi connectivity index (χ0n) is 13.3. The van der Waals surface area contributed by atoms with Gasteiger partial charge in [0.05, 0.1) is 13.2 Å². The van der Waals surface area contributed by atoms with Crippen molar-refractivity contribution in [2.45, 2.75) is 26.4 Å². The number of rotatable bonds is 10. The predicted octanol–water partition coefficient (Wildman–Crippen LogP) is 4.61. The van der Waals surface area contributed by atoms with Crippen molar-refractivity contribution >= 4 is 7.82 Å². The zero-order chi connectivity index (χ0) is 16.4. The molecule has 0 heterocycles. The molecule has 0 fully saturated rings. The second kappa shape index (κ2) is 9.81. The molecule has 1 aliphatic rings. The summed E-state index contributed by atoms with van der Waals surface area (Å²) in [6.45, 7) is 2.51. The fourth-order valence-corrected chi connectivity index (χ4v) is 2.99. The van der Waals surface area contributed by atoms with Gasteiger partial charge in [0.15, 0.2) is 6.79 Å². The Hall–Kier alpha value is -1.23. The Morgan fingerprint density at radius 1 is 1.04 bits per heavy atom. The van der Waals surface area contributed by atoms with E-state index in [1.54, 1.807) is 0 Å². The molecule has 0 saturated heterocycles. The fraction of sp³-hybridized carbons (Fsp3) is 0.412. The number of phosphoric ester groups is 1. The van der Waals surface area contributed by atoms with Gasteiger partial charge in [-0.3, -0.25) is 13.6 Å². The van der Waals surface area contributed by atoms with Crippen molar-refractivity contribution in [1.82, 2.24) is 0 Å². The maximum atomic E-state index is 12.7. The molecular formula is C17H23O5P. The molecule has 0 aromatic heterocycles. The Balaban J connectivity index is 1.91. The van der Waals surface area contributed by atoms with Crippen LogP contribution in [0.15, 0.2) is 54.1 Å². The molecule has 126 valence electrons. The summed E-state index contributed by atoms with van der Waals surface area (Å²) in [5.41, 5.74) is 1.87. The summed E-state index contributed by atoms with van der Waals surface area (Å²) in [7, 11) is -3.68. The highest BCUT2D eigenvalue weighted by Crippen LogP contribution is 2.50. The molecule has 2 rings (SSSR count). The van der Waals surface area contributed by atoms with E-state index < -0.39 is 7.82 Å². The second-order valence-electron chi connectivity index (χ2n) is 4.98. The Kier molecular flexibility index (Phi) is 7.72. The minimum atomic E-state index is -3.68. The maximum Gasteiger partial charge on any atom is 0.477 e. The first kappa shape index (κ1) is 18.1. The SMILES string of the molecule is CCOCOP(=O)(OCC1=CCCC=C1)OCc1ccccc1. The smallest absolute Gasteiger partial charge is 0.355 e. The van der Waals surface area contributed by atoms with E-state index in [0.29, 0.717) is 6.61 Å². The van der Waals surface area contributed by atoms with Gasteiger partial charge in [0.25, 0.3) is 0 Å². The van der Waals surface area contributed by atoms with E-state index >= 15 is 0 Å². The minimum absolute atomic E-state index is 0.128. The molecule has 0 saturated carbocycles. The van der Waals surface area contributed by atoms with Gasteiger partial charge in [0.2, 0.25) is 0 Å². The third kappa shape index (κ3) is 6.81. The van der Waals surface area contributed by atoms with Crippen LogP contribution in [0.5, 0.6) is 0 Å². The van der Waals surface area contributed by atoms with E-state index in [1.165, 1.54) is 0 Å². The highest BCUT2D eigenvalue weighted by atomic mass is 31.2. The lowest BCUT2D eigenvalue weighted by Crippen LogP contribution is -2.06. The van der Waals surface area contributed by atoms with Crippen LogP contribution >= 0.6 is 7.82 Å². The molecule has 0 spiro atoms. The first-order valence-corrected chi connectivity index (χ1v) is 9.19. The third-order valence-electron chi connectivity index (χ3n) is 3.19. The molecular weight excluding hydrogens is 315 g/mol. The number of ether oxygens (including phenoxy) is 1. The molecule has 0 amide bonds. The summed E-state index contributed by atoms with van der Waals surface area (Å²) in [4.78, 5) is 0. The van der Waals surface area contributed by atoms with Gasteiger partial charge < -0.3 is 4.74 Å². The van der Waals surface area contributed by atoms with E-state index in [0.717, 1.165) is 24.0 Å². The molecule has 1 unspecified atom stereocenters. The van der Waals surface area contributed by atoms with E-state index in [2.05, 4.69) is 12.2 Å². The lowest BCUT2D eigenvalue weighted by molar-refractivity contribution is -0.00960. The summed E-state index contributed by atoms with van der Waals surface area (Å²) in [5, 5.41) is 0. The van der Waals surface area contributed by atoms with Crippen LogP contribution in [0.4, 0.5) is 0 Å². The lowest BCUT2D eigenvalue weighted by atomic mass is 10.1. The molecule has 6 heteroatoms. The standard InChI is InChI=1S/C17H23O5P/c1-2-19-15-22-23(18,20-13-16-9-5-3-6-10-16)21-14-17-11-7-4-8-12-17/h3,5-7,9-12H,2,4,8,13-15H2,1H3. The van der Waals surface area contributed by atoms with E-state index in [4.69, 9.17) is 18.3 Å². The second-order valence-corrected chi connectivity index (χ2v) is 6.65. The number of hydrogen-bond donors (Lipinski definition) is 0. The van der Waals surface area contributed by atoms with Gasteiger partial charge in [-0.2, -0.15) is 0 Å². The van der Waals surface area contributed by atoms with Crippen molar-refractivity contribution in [3.05, 3.63) is 59.7 Å². The summed E-state index contributed by atoms with van der Waals surface area (Å²) < 4.78 is 33.9.